The fraction of sp³-hybridized carbons (Fsp3) is 0.807. The Bertz CT molecular complexity index is 1050. The van der Waals surface area contributed by atoms with Crippen molar-refractivity contribution in [3.63, 3.8) is 0 Å². The molecule has 0 aromatic carbocycles. The van der Waals surface area contributed by atoms with Crippen LogP contribution >= 0.6 is 0 Å². The lowest BCUT2D eigenvalue weighted by Crippen LogP contribution is -2.48. The number of rotatable bonds is 49. The molecule has 5 heteroatoms. The SMILES string of the molecule is CC/C=C/CC/C=C/CC/C=C/C(O)C(CO)NC(=O)C(O)CCCCCCCCCCCCCCCCCC/C=C\C/C=C\CCCCCCCCCCCCCCCCC. The smallest absolute Gasteiger partial charge is 0.249 e. The second-order valence-electron chi connectivity index (χ2n) is 18.4. The predicted molar refractivity (Wildman–Crippen MR) is 273 cm³/mol. The molecule has 0 aromatic rings. The molecule has 5 nitrogen and oxygen atoms in total. The summed E-state index contributed by atoms with van der Waals surface area (Å²) >= 11 is 0. The monoisotopic (exact) mass is 868 g/mol. The number of amides is 1. The maximum atomic E-state index is 12.5. The summed E-state index contributed by atoms with van der Waals surface area (Å²) in [5.74, 6) is -0.519. The molecule has 0 aliphatic heterocycles. The first kappa shape index (κ1) is 60.1. The average Bonchev–Trinajstić information content (AvgIpc) is 3.28. The van der Waals surface area contributed by atoms with Gasteiger partial charge in [-0.05, 0) is 70.6 Å². The van der Waals surface area contributed by atoms with Crippen LogP contribution in [0.3, 0.4) is 0 Å². The van der Waals surface area contributed by atoms with Gasteiger partial charge >= 0.3 is 0 Å². The lowest BCUT2D eigenvalue weighted by Gasteiger charge is -2.21. The molecule has 0 spiro atoms. The van der Waals surface area contributed by atoms with E-state index in [0.717, 1.165) is 57.8 Å². The van der Waals surface area contributed by atoms with Gasteiger partial charge in [-0.2, -0.15) is 0 Å². The van der Waals surface area contributed by atoms with Crippen LogP contribution in [0.2, 0.25) is 0 Å². The van der Waals surface area contributed by atoms with E-state index in [1.807, 2.05) is 6.08 Å². The number of aliphatic hydroxyl groups is 3. The van der Waals surface area contributed by atoms with E-state index in [4.69, 9.17) is 0 Å². The Morgan fingerprint density at radius 3 is 1.15 bits per heavy atom. The van der Waals surface area contributed by atoms with E-state index < -0.39 is 24.2 Å². The highest BCUT2D eigenvalue weighted by atomic mass is 16.3. The van der Waals surface area contributed by atoms with Crippen LogP contribution in [0.4, 0.5) is 0 Å². The number of hydrogen-bond acceptors (Lipinski definition) is 4. The number of aliphatic hydroxyl groups excluding tert-OH is 3. The summed E-state index contributed by atoms with van der Waals surface area (Å²) in [4.78, 5) is 12.5. The van der Waals surface area contributed by atoms with Crippen molar-refractivity contribution >= 4 is 5.91 Å². The number of unbranched alkanes of at least 4 members (excludes halogenated alkanes) is 33. The van der Waals surface area contributed by atoms with E-state index in [1.54, 1.807) is 6.08 Å². The molecule has 0 rings (SSSR count). The molecule has 3 unspecified atom stereocenters. The Morgan fingerprint density at radius 1 is 0.419 bits per heavy atom. The molecule has 0 radical (unpaired) electrons. The molecule has 0 heterocycles. The number of carbonyl (C=O) groups excluding carboxylic acids is 1. The standard InChI is InChI=1S/C57H105NO4/c1-3-5-7-9-11-13-15-16-17-18-19-20-21-22-23-24-25-26-27-28-29-30-31-32-33-34-35-36-37-38-39-40-41-42-44-46-48-50-52-56(61)57(62)58-54(53-59)55(60)51-49-47-45-43-14-12-10-8-6-4-2/h6,8,14,25-26,28-29,43,49,51,54-56,59-61H,3-5,7,9-13,15-24,27,30-42,44-48,50,52-53H2,1-2H3,(H,58,62)/b8-6+,26-25-,29-28-,43-14+,51-49+. The first-order valence-corrected chi connectivity index (χ1v) is 27.1. The third-order valence-electron chi connectivity index (χ3n) is 12.3. The van der Waals surface area contributed by atoms with E-state index in [2.05, 4.69) is 67.8 Å². The zero-order valence-corrected chi connectivity index (χ0v) is 41.2. The van der Waals surface area contributed by atoms with Gasteiger partial charge in [0.1, 0.15) is 6.10 Å². The minimum Gasteiger partial charge on any atom is -0.394 e. The molecule has 362 valence electrons. The molecule has 3 atom stereocenters. The highest BCUT2D eigenvalue weighted by Gasteiger charge is 2.22. The fourth-order valence-electron chi connectivity index (χ4n) is 8.14. The largest absolute Gasteiger partial charge is 0.394 e. The molecule has 0 aliphatic rings. The van der Waals surface area contributed by atoms with Crippen LogP contribution in [0.25, 0.3) is 0 Å². The van der Waals surface area contributed by atoms with E-state index in [9.17, 15) is 20.1 Å². The van der Waals surface area contributed by atoms with Crippen LogP contribution < -0.4 is 5.32 Å². The van der Waals surface area contributed by atoms with Crippen molar-refractivity contribution < 1.29 is 20.1 Å². The molecule has 1 amide bonds. The molecule has 0 fully saturated rings. The molecule has 62 heavy (non-hydrogen) atoms. The van der Waals surface area contributed by atoms with Crippen LogP contribution in [0.5, 0.6) is 0 Å². The Morgan fingerprint density at radius 2 is 0.758 bits per heavy atom. The molecule has 0 saturated heterocycles. The lowest BCUT2D eigenvalue weighted by atomic mass is 10.0. The van der Waals surface area contributed by atoms with Crippen molar-refractivity contribution in [3.05, 3.63) is 60.8 Å². The summed E-state index contributed by atoms with van der Waals surface area (Å²) in [5.41, 5.74) is 0. The minimum atomic E-state index is -1.11. The minimum absolute atomic E-state index is 0.383. The van der Waals surface area contributed by atoms with Crippen LogP contribution in [-0.2, 0) is 4.79 Å². The van der Waals surface area contributed by atoms with Crippen LogP contribution in [0.15, 0.2) is 60.8 Å². The van der Waals surface area contributed by atoms with Crippen molar-refractivity contribution in [1.29, 1.82) is 0 Å². The second-order valence-corrected chi connectivity index (χ2v) is 18.4. The Labute approximate surface area is 386 Å². The molecule has 0 bridgehead atoms. The third-order valence-corrected chi connectivity index (χ3v) is 12.3. The van der Waals surface area contributed by atoms with Crippen LogP contribution in [0.1, 0.15) is 271 Å². The van der Waals surface area contributed by atoms with Gasteiger partial charge in [-0.15, -0.1) is 0 Å². The topological polar surface area (TPSA) is 89.8 Å². The highest BCUT2D eigenvalue weighted by molar-refractivity contribution is 5.80. The highest BCUT2D eigenvalue weighted by Crippen LogP contribution is 2.16. The van der Waals surface area contributed by atoms with Gasteiger partial charge in [0.05, 0.1) is 18.8 Å². The maximum absolute atomic E-state index is 12.5. The van der Waals surface area contributed by atoms with Gasteiger partial charge < -0.3 is 20.6 Å². The van der Waals surface area contributed by atoms with E-state index in [-0.39, 0.29) is 6.61 Å². The second kappa shape index (κ2) is 51.7. The van der Waals surface area contributed by atoms with Gasteiger partial charge in [0, 0.05) is 0 Å². The maximum Gasteiger partial charge on any atom is 0.249 e. The Hall–Kier alpha value is -1.95. The first-order chi connectivity index (χ1) is 30.6. The van der Waals surface area contributed by atoms with Gasteiger partial charge in [-0.3, -0.25) is 4.79 Å². The number of allylic oxidation sites excluding steroid dienone is 9. The van der Waals surface area contributed by atoms with Crippen molar-refractivity contribution in [1.82, 2.24) is 5.32 Å². The molecule has 4 N–H and O–H groups in total. The van der Waals surface area contributed by atoms with Gasteiger partial charge in [0.25, 0.3) is 0 Å². The van der Waals surface area contributed by atoms with Crippen molar-refractivity contribution in [2.75, 3.05) is 6.61 Å². The predicted octanol–water partition coefficient (Wildman–Crippen LogP) is 16.6. The van der Waals surface area contributed by atoms with Crippen molar-refractivity contribution in [2.24, 2.45) is 0 Å². The van der Waals surface area contributed by atoms with Gasteiger partial charge in [-0.25, -0.2) is 0 Å². The van der Waals surface area contributed by atoms with Gasteiger partial charge in [0.15, 0.2) is 0 Å². The number of hydrogen-bond donors (Lipinski definition) is 4. The fourth-order valence-corrected chi connectivity index (χ4v) is 8.14. The first-order valence-electron chi connectivity index (χ1n) is 27.1. The van der Waals surface area contributed by atoms with Crippen LogP contribution in [-0.4, -0.2) is 46.1 Å². The Kier molecular flexibility index (Phi) is 50.1. The van der Waals surface area contributed by atoms with E-state index >= 15 is 0 Å². The third kappa shape index (κ3) is 46.1. The zero-order chi connectivity index (χ0) is 45.1. The van der Waals surface area contributed by atoms with Gasteiger partial charge in [0.2, 0.25) is 5.91 Å². The normalized spacial score (nSPS) is 13.8. The van der Waals surface area contributed by atoms with E-state index in [0.29, 0.717) is 6.42 Å². The quantitative estimate of drug-likeness (QED) is 0.0362. The number of nitrogens with one attached hydrogen (secondary N) is 1. The summed E-state index contributed by atoms with van der Waals surface area (Å²) < 4.78 is 0. The summed E-state index contributed by atoms with van der Waals surface area (Å²) in [6.07, 6.45) is 70.5. The lowest BCUT2D eigenvalue weighted by molar-refractivity contribution is -0.131. The summed E-state index contributed by atoms with van der Waals surface area (Å²) in [5, 5.41) is 33.0. The van der Waals surface area contributed by atoms with Crippen molar-refractivity contribution in [2.45, 2.75) is 289 Å². The van der Waals surface area contributed by atoms with E-state index in [1.165, 1.54) is 193 Å². The van der Waals surface area contributed by atoms with Crippen LogP contribution in [0, 0.1) is 0 Å². The van der Waals surface area contributed by atoms with Crippen molar-refractivity contribution in [3.8, 4) is 0 Å². The molecular weight excluding hydrogens is 763 g/mol. The molecule has 0 aliphatic carbocycles. The summed E-state index contributed by atoms with van der Waals surface area (Å²) in [6, 6.07) is -0.821. The molecule has 0 aromatic heterocycles. The molecule has 0 saturated carbocycles. The number of carbonyl (C=O) groups is 1. The summed E-state index contributed by atoms with van der Waals surface area (Å²) in [7, 11) is 0. The zero-order valence-electron chi connectivity index (χ0n) is 41.2. The average molecular weight is 868 g/mol. The Balaban J connectivity index is 3.48. The van der Waals surface area contributed by atoms with Gasteiger partial charge in [-0.1, -0.05) is 261 Å². The summed E-state index contributed by atoms with van der Waals surface area (Å²) in [6.45, 7) is 4.05. The molecular formula is C57H105NO4.